The fourth-order valence-corrected chi connectivity index (χ4v) is 3.84. The molecule has 1 aromatic rings. The maximum atomic E-state index is 12.9. The third-order valence-electron chi connectivity index (χ3n) is 5.22. The SMILES string of the molecule is CC(C)CN1C(=O)N(C)C(=O)C12CCN(c1cccc(C(F)(F)F)n1)CC2. The molecule has 2 aliphatic heterocycles. The van der Waals surface area contributed by atoms with Gasteiger partial charge in [-0.25, -0.2) is 9.78 Å². The van der Waals surface area contributed by atoms with Crippen LogP contribution in [0.3, 0.4) is 0 Å². The summed E-state index contributed by atoms with van der Waals surface area (Å²) >= 11 is 0. The molecule has 27 heavy (non-hydrogen) atoms. The van der Waals surface area contributed by atoms with E-state index in [1.165, 1.54) is 19.2 Å². The number of pyridine rings is 1. The quantitative estimate of drug-likeness (QED) is 0.752. The minimum atomic E-state index is -4.50. The van der Waals surface area contributed by atoms with Crippen molar-refractivity contribution in [1.29, 1.82) is 0 Å². The molecule has 0 unspecified atom stereocenters. The molecule has 148 valence electrons. The number of hydrogen-bond donors (Lipinski definition) is 0. The molecule has 2 aliphatic rings. The third kappa shape index (κ3) is 3.35. The van der Waals surface area contributed by atoms with Gasteiger partial charge in [0.1, 0.15) is 17.1 Å². The average Bonchev–Trinajstić information content (AvgIpc) is 2.78. The molecule has 1 spiro atoms. The monoisotopic (exact) mass is 384 g/mol. The molecule has 0 aliphatic carbocycles. The highest BCUT2D eigenvalue weighted by Gasteiger charge is 2.56. The Morgan fingerprint density at radius 3 is 2.37 bits per heavy atom. The molecule has 0 N–H and O–H groups in total. The van der Waals surface area contributed by atoms with Crippen molar-refractivity contribution in [3.63, 3.8) is 0 Å². The molecule has 0 atom stereocenters. The minimum absolute atomic E-state index is 0.202. The molecule has 0 bridgehead atoms. The van der Waals surface area contributed by atoms with Gasteiger partial charge in [-0.05, 0) is 30.9 Å². The zero-order chi connectivity index (χ0) is 20.0. The number of alkyl halides is 3. The van der Waals surface area contributed by atoms with Gasteiger partial charge in [0.15, 0.2) is 0 Å². The summed E-state index contributed by atoms with van der Waals surface area (Å²) in [5, 5.41) is 0. The Bertz CT molecular complexity index is 742. The molecule has 3 heterocycles. The highest BCUT2D eigenvalue weighted by atomic mass is 19.4. The first-order valence-electron chi connectivity index (χ1n) is 8.95. The van der Waals surface area contributed by atoms with Crippen LogP contribution in [0.5, 0.6) is 0 Å². The molecule has 9 heteroatoms. The van der Waals surface area contributed by atoms with Crippen LogP contribution >= 0.6 is 0 Å². The van der Waals surface area contributed by atoms with Crippen molar-refractivity contribution in [2.24, 2.45) is 5.92 Å². The van der Waals surface area contributed by atoms with Crippen molar-refractivity contribution >= 4 is 17.8 Å². The first-order valence-corrected chi connectivity index (χ1v) is 8.95. The van der Waals surface area contributed by atoms with Gasteiger partial charge in [-0.15, -0.1) is 0 Å². The van der Waals surface area contributed by atoms with E-state index in [4.69, 9.17) is 0 Å². The number of amides is 3. The number of halogens is 3. The second kappa shape index (κ2) is 6.69. The van der Waals surface area contributed by atoms with E-state index in [0.29, 0.717) is 32.5 Å². The molecule has 3 amide bonds. The fraction of sp³-hybridized carbons (Fsp3) is 0.611. The van der Waals surface area contributed by atoms with Crippen molar-refractivity contribution in [1.82, 2.24) is 14.8 Å². The minimum Gasteiger partial charge on any atom is -0.356 e. The van der Waals surface area contributed by atoms with E-state index in [1.54, 1.807) is 9.80 Å². The zero-order valence-electron chi connectivity index (χ0n) is 15.6. The molecular formula is C18H23F3N4O2. The van der Waals surface area contributed by atoms with Crippen LogP contribution in [0, 0.1) is 5.92 Å². The smallest absolute Gasteiger partial charge is 0.356 e. The van der Waals surface area contributed by atoms with E-state index in [-0.39, 0.29) is 23.7 Å². The van der Waals surface area contributed by atoms with Gasteiger partial charge >= 0.3 is 12.2 Å². The molecule has 1 aromatic heterocycles. The van der Waals surface area contributed by atoms with Crippen molar-refractivity contribution < 1.29 is 22.8 Å². The predicted octanol–water partition coefficient (Wildman–Crippen LogP) is 2.99. The Morgan fingerprint density at radius 2 is 1.81 bits per heavy atom. The lowest BCUT2D eigenvalue weighted by Gasteiger charge is -2.43. The maximum Gasteiger partial charge on any atom is 0.433 e. The first kappa shape index (κ1) is 19.4. The van der Waals surface area contributed by atoms with Crippen LogP contribution in [0.25, 0.3) is 0 Å². The van der Waals surface area contributed by atoms with Crippen molar-refractivity contribution in [3.8, 4) is 0 Å². The number of likely N-dealkylation sites (N-methyl/N-ethyl adjacent to an activating group) is 1. The number of imide groups is 1. The van der Waals surface area contributed by atoms with Gasteiger partial charge in [0.25, 0.3) is 5.91 Å². The van der Waals surface area contributed by atoms with E-state index in [0.717, 1.165) is 11.0 Å². The summed E-state index contributed by atoms with van der Waals surface area (Å²) in [4.78, 5) is 33.6. The van der Waals surface area contributed by atoms with Crippen LogP contribution < -0.4 is 4.90 Å². The first-order chi connectivity index (χ1) is 12.6. The molecule has 3 rings (SSSR count). The molecule has 2 saturated heterocycles. The van der Waals surface area contributed by atoms with Crippen LogP contribution in [0.1, 0.15) is 32.4 Å². The highest BCUT2D eigenvalue weighted by molar-refractivity contribution is 6.06. The second-order valence-electron chi connectivity index (χ2n) is 7.55. The fourth-order valence-electron chi connectivity index (χ4n) is 3.84. The summed E-state index contributed by atoms with van der Waals surface area (Å²) in [6, 6.07) is 3.50. The van der Waals surface area contributed by atoms with E-state index in [1.807, 2.05) is 13.8 Å². The zero-order valence-corrected chi connectivity index (χ0v) is 15.6. The number of carbonyl (C=O) groups is 2. The second-order valence-corrected chi connectivity index (χ2v) is 7.55. The number of hydrogen-bond acceptors (Lipinski definition) is 4. The molecule has 0 radical (unpaired) electrons. The number of rotatable bonds is 3. The molecule has 0 saturated carbocycles. The Balaban J connectivity index is 1.81. The summed E-state index contributed by atoms with van der Waals surface area (Å²) in [6.45, 7) is 5.14. The van der Waals surface area contributed by atoms with Gasteiger partial charge in [-0.2, -0.15) is 13.2 Å². The van der Waals surface area contributed by atoms with Gasteiger partial charge in [0.2, 0.25) is 0 Å². The average molecular weight is 384 g/mol. The van der Waals surface area contributed by atoms with E-state index < -0.39 is 17.4 Å². The van der Waals surface area contributed by atoms with Gasteiger partial charge in [0.05, 0.1) is 0 Å². The largest absolute Gasteiger partial charge is 0.433 e. The molecule has 0 aromatic carbocycles. The molecular weight excluding hydrogens is 361 g/mol. The lowest BCUT2D eigenvalue weighted by molar-refractivity contribution is -0.141. The summed E-state index contributed by atoms with van der Waals surface area (Å²) in [5.74, 6) is 0.207. The van der Waals surface area contributed by atoms with Crippen molar-refractivity contribution in [2.75, 3.05) is 31.6 Å². The number of carbonyl (C=O) groups excluding carboxylic acids is 2. The normalized spacial score (nSPS) is 20.3. The number of aromatic nitrogens is 1. The Hall–Kier alpha value is -2.32. The van der Waals surface area contributed by atoms with Crippen molar-refractivity contribution in [2.45, 2.75) is 38.4 Å². The van der Waals surface area contributed by atoms with Crippen LogP contribution in [0.15, 0.2) is 18.2 Å². The summed E-state index contributed by atoms with van der Waals surface area (Å²) < 4.78 is 38.7. The lowest BCUT2D eigenvalue weighted by atomic mass is 9.85. The Morgan fingerprint density at radius 1 is 1.19 bits per heavy atom. The van der Waals surface area contributed by atoms with Gasteiger partial charge < -0.3 is 9.80 Å². The van der Waals surface area contributed by atoms with E-state index >= 15 is 0 Å². The number of piperidine rings is 1. The molecule has 6 nitrogen and oxygen atoms in total. The standard InChI is InChI=1S/C18H23F3N4O2/c1-12(2)11-25-16(27)23(3)15(26)17(25)7-9-24(10-8-17)14-6-4-5-13(22-14)18(19,20)21/h4-6,12H,7-11H2,1-3H3. The van der Waals surface area contributed by atoms with E-state index in [9.17, 15) is 22.8 Å². The number of nitrogens with zero attached hydrogens (tertiary/aromatic N) is 4. The van der Waals surface area contributed by atoms with Crippen molar-refractivity contribution in [3.05, 3.63) is 23.9 Å². The van der Waals surface area contributed by atoms with Crippen LogP contribution in [0.4, 0.5) is 23.8 Å². The van der Waals surface area contributed by atoms with Gasteiger partial charge in [-0.3, -0.25) is 9.69 Å². The summed E-state index contributed by atoms with van der Waals surface area (Å²) in [7, 11) is 1.48. The lowest BCUT2D eigenvalue weighted by Crippen LogP contribution is -2.57. The molecule has 2 fully saturated rings. The number of anilines is 1. The van der Waals surface area contributed by atoms with Crippen LogP contribution in [-0.4, -0.2) is 58.9 Å². The highest BCUT2D eigenvalue weighted by Crippen LogP contribution is 2.38. The van der Waals surface area contributed by atoms with Crippen LogP contribution in [0.2, 0.25) is 0 Å². The maximum absolute atomic E-state index is 12.9. The summed E-state index contributed by atoms with van der Waals surface area (Å²) in [6.07, 6.45) is -3.77. The topological polar surface area (TPSA) is 56.8 Å². The van der Waals surface area contributed by atoms with Gasteiger partial charge in [-0.1, -0.05) is 19.9 Å². The third-order valence-corrected chi connectivity index (χ3v) is 5.22. The van der Waals surface area contributed by atoms with E-state index in [2.05, 4.69) is 4.98 Å². The Kier molecular flexibility index (Phi) is 4.81. The van der Waals surface area contributed by atoms with Gasteiger partial charge in [0, 0.05) is 26.7 Å². The summed E-state index contributed by atoms with van der Waals surface area (Å²) in [5.41, 5.74) is -1.84. The Labute approximate surface area is 155 Å². The van der Waals surface area contributed by atoms with Crippen LogP contribution in [-0.2, 0) is 11.0 Å². The number of urea groups is 1. The predicted molar refractivity (Wildman–Crippen MR) is 93.1 cm³/mol.